The summed E-state index contributed by atoms with van der Waals surface area (Å²) in [6.45, 7) is 0.696. The van der Waals surface area contributed by atoms with Crippen LogP contribution in [0.25, 0.3) is 10.8 Å². The summed E-state index contributed by atoms with van der Waals surface area (Å²) < 4.78 is 33.3. The van der Waals surface area contributed by atoms with Crippen LogP contribution in [-0.2, 0) is 24.3 Å². The summed E-state index contributed by atoms with van der Waals surface area (Å²) >= 11 is 0. The molecule has 0 saturated carbocycles. The number of nitrogens with one attached hydrogen (secondary N) is 2. The maximum atomic E-state index is 12.9. The molecule has 1 fully saturated rings. The van der Waals surface area contributed by atoms with Crippen molar-refractivity contribution in [1.82, 2.24) is 10.0 Å². The van der Waals surface area contributed by atoms with Crippen molar-refractivity contribution in [3.63, 3.8) is 0 Å². The Morgan fingerprint density at radius 1 is 1.06 bits per heavy atom. The van der Waals surface area contributed by atoms with Crippen molar-refractivity contribution < 1.29 is 22.7 Å². The molecule has 9 heteroatoms. The van der Waals surface area contributed by atoms with E-state index in [9.17, 15) is 18.0 Å². The fourth-order valence-electron chi connectivity index (χ4n) is 3.83. The molecular formula is C23H31N3O5S. The maximum absolute atomic E-state index is 12.9. The molecule has 0 radical (unpaired) electrons. The topological polar surface area (TPSA) is 105 Å². The Hall–Kier alpha value is -2.65. The standard InChI is InChI=1S/C23H31N3O5S/c1-26(2)20-11-7-10-18-17(20)9-8-12-21(18)32(29,30)24-15-6-4-3-5-13-22(27)25-19-14-16-31-23(19)28/h7-12,19,24H,3-6,13-16H2,1-2H3,(H,25,27)/t19-/m0/s1. The third kappa shape index (κ3) is 5.98. The molecular weight excluding hydrogens is 430 g/mol. The largest absolute Gasteiger partial charge is 0.464 e. The van der Waals surface area contributed by atoms with Crippen molar-refractivity contribution in [3.05, 3.63) is 36.4 Å². The van der Waals surface area contributed by atoms with Gasteiger partial charge in [-0.05, 0) is 25.0 Å². The SMILES string of the molecule is CN(C)c1cccc2c(S(=O)(=O)NCCCCCCC(=O)N[C@H]3CCOC3=O)cccc12. The third-order valence-corrected chi connectivity index (χ3v) is 7.04. The highest BCUT2D eigenvalue weighted by atomic mass is 32.2. The highest BCUT2D eigenvalue weighted by Crippen LogP contribution is 2.30. The first kappa shape index (κ1) is 24.0. The highest BCUT2D eigenvalue weighted by molar-refractivity contribution is 7.89. The van der Waals surface area contributed by atoms with Gasteiger partial charge in [-0.25, -0.2) is 17.9 Å². The van der Waals surface area contributed by atoms with Crippen LogP contribution in [0.15, 0.2) is 41.3 Å². The molecule has 1 atom stereocenters. The van der Waals surface area contributed by atoms with Crippen molar-refractivity contribution in [1.29, 1.82) is 0 Å². The van der Waals surface area contributed by atoms with Crippen LogP contribution in [0, 0.1) is 0 Å². The summed E-state index contributed by atoms with van der Waals surface area (Å²) in [5, 5.41) is 4.28. The van der Waals surface area contributed by atoms with Crippen LogP contribution in [0.3, 0.4) is 0 Å². The van der Waals surface area contributed by atoms with Crippen LogP contribution in [0.1, 0.15) is 38.5 Å². The second-order valence-electron chi connectivity index (χ2n) is 8.16. The normalized spacial score (nSPS) is 16.2. The minimum absolute atomic E-state index is 0.150. The number of hydrogen-bond donors (Lipinski definition) is 2. The number of carbonyl (C=O) groups is 2. The molecule has 1 aliphatic heterocycles. The molecule has 2 N–H and O–H groups in total. The third-order valence-electron chi connectivity index (χ3n) is 5.52. The fourth-order valence-corrected chi connectivity index (χ4v) is 5.12. The number of rotatable bonds is 11. The van der Waals surface area contributed by atoms with E-state index in [1.54, 1.807) is 12.1 Å². The zero-order chi connectivity index (χ0) is 23.1. The van der Waals surface area contributed by atoms with Crippen LogP contribution in [0.5, 0.6) is 0 Å². The van der Waals surface area contributed by atoms with Gasteiger partial charge in [0.1, 0.15) is 6.04 Å². The molecule has 0 unspecified atom stereocenters. The number of amides is 1. The molecule has 3 rings (SSSR count). The van der Waals surface area contributed by atoms with E-state index >= 15 is 0 Å². The molecule has 174 valence electrons. The second kappa shape index (κ2) is 10.8. The van der Waals surface area contributed by atoms with Crippen molar-refractivity contribution in [2.75, 3.05) is 32.1 Å². The summed E-state index contributed by atoms with van der Waals surface area (Å²) in [5.74, 6) is -0.516. The first-order valence-corrected chi connectivity index (χ1v) is 12.4. The Bertz CT molecular complexity index is 1070. The minimum atomic E-state index is -3.63. The van der Waals surface area contributed by atoms with Gasteiger partial charge in [-0.3, -0.25) is 4.79 Å². The van der Waals surface area contributed by atoms with Gasteiger partial charge in [-0.2, -0.15) is 0 Å². The number of fused-ring (bicyclic) bond motifs is 1. The predicted octanol–water partition coefficient (Wildman–Crippen LogP) is 2.57. The summed E-state index contributed by atoms with van der Waals surface area (Å²) in [4.78, 5) is 25.5. The molecule has 2 aromatic rings. The number of nitrogens with zero attached hydrogens (tertiary/aromatic N) is 1. The Morgan fingerprint density at radius 2 is 1.78 bits per heavy atom. The van der Waals surface area contributed by atoms with Crippen molar-refractivity contribution in [3.8, 4) is 0 Å². The van der Waals surface area contributed by atoms with Crippen LogP contribution >= 0.6 is 0 Å². The smallest absolute Gasteiger partial charge is 0.328 e. The summed E-state index contributed by atoms with van der Waals surface area (Å²) in [6, 6.07) is 10.5. The lowest BCUT2D eigenvalue weighted by molar-refractivity contribution is -0.141. The molecule has 32 heavy (non-hydrogen) atoms. The zero-order valence-electron chi connectivity index (χ0n) is 18.6. The molecule has 2 aromatic carbocycles. The van der Waals surface area contributed by atoms with Crippen molar-refractivity contribution in [2.24, 2.45) is 0 Å². The minimum Gasteiger partial charge on any atom is -0.464 e. The van der Waals surface area contributed by atoms with E-state index in [2.05, 4.69) is 10.0 Å². The number of ether oxygens (including phenoxy) is 1. The van der Waals surface area contributed by atoms with E-state index in [4.69, 9.17) is 4.74 Å². The fraction of sp³-hybridized carbons (Fsp3) is 0.478. The Kier molecular flexibility index (Phi) is 8.09. The first-order chi connectivity index (χ1) is 15.3. The van der Waals surface area contributed by atoms with E-state index in [1.807, 2.05) is 43.3 Å². The quantitative estimate of drug-likeness (QED) is 0.394. The lowest BCUT2D eigenvalue weighted by Gasteiger charge is -2.17. The molecule has 0 bridgehead atoms. The van der Waals surface area contributed by atoms with E-state index in [0.29, 0.717) is 44.2 Å². The number of cyclic esters (lactones) is 1. The monoisotopic (exact) mass is 461 g/mol. The zero-order valence-corrected chi connectivity index (χ0v) is 19.4. The summed E-state index contributed by atoms with van der Waals surface area (Å²) in [5.41, 5.74) is 0.966. The number of esters is 1. The van der Waals surface area contributed by atoms with Gasteiger partial charge >= 0.3 is 5.97 Å². The number of benzene rings is 2. The summed E-state index contributed by atoms with van der Waals surface area (Å²) in [7, 11) is 0.232. The maximum Gasteiger partial charge on any atom is 0.328 e. The van der Waals surface area contributed by atoms with Crippen molar-refractivity contribution >= 4 is 38.4 Å². The van der Waals surface area contributed by atoms with Crippen LogP contribution < -0.4 is 14.9 Å². The highest BCUT2D eigenvalue weighted by Gasteiger charge is 2.27. The molecule has 8 nitrogen and oxygen atoms in total. The van der Waals surface area contributed by atoms with Gasteiger partial charge in [0, 0.05) is 49.9 Å². The number of anilines is 1. The first-order valence-electron chi connectivity index (χ1n) is 10.9. The van der Waals surface area contributed by atoms with E-state index in [1.165, 1.54) is 0 Å². The van der Waals surface area contributed by atoms with E-state index < -0.39 is 16.1 Å². The molecule has 0 aromatic heterocycles. The number of sulfonamides is 1. The molecule has 1 saturated heterocycles. The molecule has 1 aliphatic rings. The van der Waals surface area contributed by atoms with Gasteiger partial charge in [-0.1, -0.05) is 37.1 Å². The van der Waals surface area contributed by atoms with Gasteiger partial charge in [0.15, 0.2) is 0 Å². The Morgan fingerprint density at radius 3 is 2.50 bits per heavy atom. The lowest BCUT2D eigenvalue weighted by atomic mass is 10.1. The molecule has 1 amide bonds. The van der Waals surface area contributed by atoms with E-state index in [0.717, 1.165) is 23.9 Å². The lowest BCUT2D eigenvalue weighted by Crippen LogP contribution is -2.37. The van der Waals surface area contributed by atoms with E-state index in [-0.39, 0.29) is 16.8 Å². The van der Waals surface area contributed by atoms with Crippen LogP contribution in [0.4, 0.5) is 5.69 Å². The van der Waals surface area contributed by atoms with Gasteiger partial charge in [0.2, 0.25) is 15.9 Å². The molecule has 1 heterocycles. The number of carbonyl (C=O) groups excluding carboxylic acids is 2. The second-order valence-corrected chi connectivity index (χ2v) is 9.90. The van der Waals surface area contributed by atoms with Gasteiger partial charge in [0.25, 0.3) is 0 Å². The average molecular weight is 462 g/mol. The van der Waals surface area contributed by atoms with Gasteiger partial charge in [-0.15, -0.1) is 0 Å². The van der Waals surface area contributed by atoms with Gasteiger partial charge < -0.3 is 15.0 Å². The number of hydrogen-bond acceptors (Lipinski definition) is 6. The Labute approximate surface area is 189 Å². The number of unbranched alkanes of at least 4 members (excludes halogenated alkanes) is 3. The van der Waals surface area contributed by atoms with Crippen LogP contribution in [0.2, 0.25) is 0 Å². The Balaban J connectivity index is 1.44. The molecule has 0 aliphatic carbocycles. The van der Waals surface area contributed by atoms with Crippen molar-refractivity contribution in [2.45, 2.75) is 49.5 Å². The predicted molar refractivity (Wildman–Crippen MR) is 124 cm³/mol. The average Bonchev–Trinajstić information content (AvgIpc) is 3.16. The van der Waals surface area contributed by atoms with Crippen LogP contribution in [-0.4, -0.2) is 53.6 Å². The molecule has 0 spiro atoms. The van der Waals surface area contributed by atoms with Gasteiger partial charge in [0.05, 0.1) is 11.5 Å². The summed E-state index contributed by atoms with van der Waals surface area (Å²) in [6.07, 6.45) is 3.87.